The SMILES string of the molecule is NC(Cc1ccccc1)C(=O)Nc1cccc(C(=O)/C=C/c2ccc(CO)cc2)c1. The monoisotopic (exact) mass is 400 g/mol. The van der Waals surface area contributed by atoms with E-state index < -0.39 is 6.04 Å². The van der Waals surface area contributed by atoms with Gasteiger partial charge in [-0.05, 0) is 41.3 Å². The van der Waals surface area contributed by atoms with Crippen molar-refractivity contribution in [1.29, 1.82) is 0 Å². The number of amides is 1. The van der Waals surface area contributed by atoms with Gasteiger partial charge in [-0.1, -0.05) is 72.8 Å². The second-order valence-electron chi connectivity index (χ2n) is 6.96. The quantitative estimate of drug-likeness (QED) is 0.398. The number of anilines is 1. The zero-order valence-electron chi connectivity index (χ0n) is 16.5. The van der Waals surface area contributed by atoms with Gasteiger partial charge in [0.15, 0.2) is 5.78 Å². The Morgan fingerprint density at radius 2 is 1.67 bits per heavy atom. The zero-order chi connectivity index (χ0) is 21.3. The first-order valence-electron chi connectivity index (χ1n) is 9.68. The molecule has 0 bridgehead atoms. The molecule has 152 valence electrons. The summed E-state index contributed by atoms with van der Waals surface area (Å²) in [6.45, 7) is -0.0174. The minimum Gasteiger partial charge on any atom is -0.392 e. The fourth-order valence-electron chi connectivity index (χ4n) is 2.95. The Bertz CT molecular complexity index is 1030. The molecule has 1 amide bonds. The number of rotatable bonds is 8. The number of aliphatic hydroxyl groups excluding tert-OH is 1. The molecule has 30 heavy (non-hydrogen) atoms. The highest BCUT2D eigenvalue weighted by atomic mass is 16.3. The Balaban J connectivity index is 1.62. The van der Waals surface area contributed by atoms with E-state index in [4.69, 9.17) is 10.8 Å². The fraction of sp³-hybridized carbons (Fsp3) is 0.120. The van der Waals surface area contributed by atoms with Crippen LogP contribution in [0.15, 0.2) is 84.9 Å². The lowest BCUT2D eigenvalue weighted by Gasteiger charge is -2.13. The summed E-state index contributed by atoms with van der Waals surface area (Å²) >= 11 is 0. The summed E-state index contributed by atoms with van der Waals surface area (Å²) in [6.07, 6.45) is 3.63. The van der Waals surface area contributed by atoms with Crippen LogP contribution in [0.5, 0.6) is 0 Å². The van der Waals surface area contributed by atoms with Gasteiger partial charge in [0, 0.05) is 11.3 Å². The first-order valence-corrected chi connectivity index (χ1v) is 9.68. The van der Waals surface area contributed by atoms with Crippen LogP contribution in [0.4, 0.5) is 5.69 Å². The van der Waals surface area contributed by atoms with Gasteiger partial charge in [-0.15, -0.1) is 0 Å². The molecule has 0 spiro atoms. The van der Waals surface area contributed by atoms with E-state index in [0.29, 0.717) is 17.7 Å². The Hall–Kier alpha value is -3.54. The third-order valence-electron chi connectivity index (χ3n) is 4.64. The maximum atomic E-state index is 12.5. The number of nitrogens with one attached hydrogen (secondary N) is 1. The van der Waals surface area contributed by atoms with Crippen LogP contribution < -0.4 is 11.1 Å². The first-order chi connectivity index (χ1) is 14.5. The Kier molecular flexibility index (Phi) is 7.27. The third kappa shape index (κ3) is 5.98. The summed E-state index contributed by atoms with van der Waals surface area (Å²) in [6, 6.07) is 22.9. The molecule has 1 unspecified atom stereocenters. The van der Waals surface area contributed by atoms with Crippen molar-refractivity contribution in [2.45, 2.75) is 19.1 Å². The molecule has 0 aliphatic heterocycles. The van der Waals surface area contributed by atoms with Gasteiger partial charge in [0.2, 0.25) is 5.91 Å². The van der Waals surface area contributed by atoms with E-state index in [2.05, 4.69) is 5.32 Å². The van der Waals surface area contributed by atoms with Crippen molar-refractivity contribution in [1.82, 2.24) is 0 Å². The molecule has 0 aromatic heterocycles. The van der Waals surface area contributed by atoms with Gasteiger partial charge in [-0.3, -0.25) is 9.59 Å². The predicted octanol–water partition coefficient (Wildman–Crippen LogP) is 3.58. The van der Waals surface area contributed by atoms with Crippen LogP contribution in [0.1, 0.15) is 27.0 Å². The van der Waals surface area contributed by atoms with Crippen molar-refractivity contribution in [3.05, 3.63) is 107 Å². The first kappa shape index (κ1) is 21.2. The van der Waals surface area contributed by atoms with Crippen LogP contribution in [0.25, 0.3) is 6.08 Å². The summed E-state index contributed by atoms with van der Waals surface area (Å²) in [5.41, 5.74) is 9.67. The minimum atomic E-state index is -0.687. The van der Waals surface area contributed by atoms with Crippen LogP contribution in [-0.4, -0.2) is 22.8 Å². The average Bonchev–Trinajstić information content (AvgIpc) is 2.78. The number of carbonyl (C=O) groups is 2. The number of nitrogens with two attached hydrogens (primary N) is 1. The van der Waals surface area contributed by atoms with Crippen molar-refractivity contribution >= 4 is 23.5 Å². The summed E-state index contributed by atoms with van der Waals surface area (Å²) in [4.78, 5) is 24.9. The summed E-state index contributed by atoms with van der Waals surface area (Å²) in [5.74, 6) is -0.478. The van der Waals surface area contributed by atoms with Crippen molar-refractivity contribution < 1.29 is 14.7 Å². The number of hydrogen-bond acceptors (Lipinski definition) is 4. The number of allylic oxidation sites excluding steroid dienone is 1. The smallest absolute Gasteiger partial charge is 0.241 e. The van der Waals surface area contributed by atoms with Crippen molar-refractivity contribution in [2.24, 2.45) is 5.73 Å². The van der Waals surface area contributed by atoms with Gasteiger partial charge in [0.05, 0.1) is 12.6 Å². The maximum absolute atomic E-state index is 12.5. The molecule has 0 saturated heterocycles. The van der Waals surface area contributed by atoms with Crippen LogP contribution in [0, 0.1) is 0 Å². The van der Waals surface area contributed by atoms with E-state index >= 15 is 0 Å². The van der Waals surface area contributed by atoms with E-state index in [-0.39, 0.29) is 18.3 Å². The minimum absolute atomic E-state index is 0.0174. The van der Waals surface area contributed by atoms with Gasteiger partial charge in [-0.2, -0.15) is 0 Å². The Morgan fingerprint density at radius 1 is 0.933 bits per heavy atom. The highest BCUT2D eigenvalue weighted by molar-refractivity contribution is 6.07. The molecular weight excluding hydrogens is 376 g/mol. The third-order valence-corrected chi connectivity index (χ3v) is 4.64. The molecule has 0 saturated carbocycles. The highest BCUT2D eigenvalue weighted by Crippen LogP contribution is 2.14. The van der Waals surface area contributed by atoms with Gasteiger partial charge >= 0.3 is 0 Å². The zero-order valence-corrected chi connectivity index (χ0v) is 16.5. The molecule has 0 heterocycles. The molecule has 0 aliphatic rings. The lowest BCUT2D eigenvalue weighted by atomic mass is 10.1. The van der Waals surface area contributed by atoms with E-state index in [0.717, 1.165) is 16.7 Å². The van der Waals surface area contributed by atoms with Gasteiger partial charge in [0.25, 0.3) is 0 Å². The second-order valence-corrected chi connectivity index (χ2v) is 6.96. The predicted molar refractivity (Wildman–Crippen MR) is 119 cm³/mol. The van der Waals surface area contributed by atoms with Crippen LogP contribution in [0.3, 0.4) is 0 Å². The molecule has 5 nitrogen and oxygen atoms in total. The lowest BCUT2D eigenvalue weighted by Crippen LogP contribution is -2.37. The summed E-state index contributed by atoms with van der Waals surface area (Å²) in [7, 11) is 0. The number of hydrogen-bond donors (Lipinski definition) is 3. The number of benzene rings is 3. The normalized spacial score (nSPS) is 11.9. The largest absolute Gasteiger partial charge is 0.392 e. The van der Waals surface area contributed by atoms with Gasteiger partial charge in [0.1, 0.15) is 0 Å². The van der Waals surface area contributed by atoms with Crippen molar-refractivity contribution in [2.75, 3.05) is 5.32 Å². The van der Waals surface area contributed by atoms with E-state index in [9.17, 15) is 9.59 Å². The number of carbonyl (C=O) groups excluding carboxylic acids is 2. The molecule has 1 atom stereocenters. The van der Waals surface area contributed by atoms with Crippen LogP contribution in [-0.2, 0) is 17.8 Å². The average molecular weight is 400 g/mol. The molecular formula is C25H24N2O3. The number of aliphatic hydroxyl groups is 1. The van der Waals surface area contributed by atoms with Crippen molar-refractivity contribution in [3.63, 3.8) is 0 Å². The molecule has 3 aromatic carbocycles. The summed E-state index contributed by atoms with van der Waals surface area (Å²) in [5, 5.41) is 11.9. The molecule has 4 N–H and O–H groups in total. The second kappa shape index (κ2) is 10.3. The Morgan fingerprint density at radius 3 is 2.37 bits per heavy atom. The maximum Gasteiger partial charge on any atom is 0.241 e. The van der Waals surface area contributed by atoms with Gasteiger partial charge in [-0.25, -0.2) is 0 Å². The highest BCUT2D eigenvalue weighted by Gasteiger charge is 2.14. The molecule has 5 heteroatoms. The van der Waals surface area contributed by atoms with Crippen LogP contribution in [0.2, 0.25) is 0 Å². The van der Waals surface area contributed by atoms with E-state index in [1.807, 2.05) is 42.5 Å². The topological polar surface area (TPSA) is 92.4 Å². The standard InChI is InChI=1S/C25H24N2O3/c26-23(15-19-5-2-1-3-6-19)25(30)27-22-8-4-7-21(16-22)24(29)14-13-18-9-11-20(17-28)12-10-18/h1-14,16,23,28H,15,17,26H2,(H,27,30)/b14-13+. The molecule has 0 radical (unpaired) electrons. The molecule has 3 rings (SSSR count). The fourth-order valence-corrected chi connectivity index (χ4v) is 2.95. The van der Waals surface area contributed by atoms with Gasteiger partial charge < -0.3 is 16.2 Å². The molecule has 0 fully saturated rings. The van der Waals surface area contributed by atoms with E-state index in [1.54, 1.807) is 42.5 Å². The molecule has 0 aliphatic carbocycles. The van der Waals surface area contributed by atoms with E-state index in [1.165, 1.54) is 6.08 Å². The van der Waals surface area contributed by atoms with Crippen LogP contribution >= 0.6 is 0 Å². The molecule has 3 aromatic rings. The number of ketones is 1. The lowest BCUT2D eigenvalue weighted by molar-refractivity contribution is -0.117. The van der Waals surface area contributed by atoms with Crippen molar-refractivity contribution in [3.8, 4) is 0 Å². The Labute approximate surface area is 175 Å². The summed E-state index contributed by atoms with van der Waals surface area (Å²) < 4.78 is 0.